The first-order valence-corrected chi connectivity index (χ1v) is 7.18. The van der Waals surface area contributed by atoms with Gasteiger partial charge in [-0.05, 0) is 18.2 Å². The second kappa shape index (κ2) is 6.21. The molecular weight excluding hydrogens is 340 g/mol. The van der Waals surface area contributed by atoms with E-state index in [0.717, 1.165) is 4.47 Å². The van der Waals surface area contributed by atoms with Crippen LogP contribution in [0.15, 0.2) is 28.7 Å². The Labute approximate surface area is 131 Å². The zero-order chi connectivity index (χ0) is 14.7. The molecule has 0 fully saturated rings. The molecular formula is C14H12BrClN4. The first-order valence-electron chi connectivity index (χ1n) is 6.00. The number of hydrogen-bond donors (Lipinski definition) is 1. The molecule has 1 heterocycles. The number of nitriles is 1. The molecule has 0 bridgehead atoms. The van der Waals surface area contributed by atoms with Crippen LogP contribution in [0.4, 0.5) is 11.5 Å². The normalized spacial score (nSPS) is 10.4. The number of nitrogens with one attached hydrogen (secondary N) is 1. The summed E-state index contributed by atoms with van der Waals surface area (Å²) in [5, 5.41) is 12.6. The summed E-state index contributed by atoms with van der Waals surface area (Å²) in [4.78, 5) is 8.57. The Morgan fingerprint density at radius 1 is 1.30 bits per heavy atom. The largest absolute Gasteiger partial charge is 0.339 e. The molecule has 0 saturated heterocycles. The maximum absolute atomic E-state index is 9.15. The Bertz CT molecular complexity index is 679. The van der Waals surface area contributed by atoms with Gasteiger partial charge < -0.3 is 5.32 Å². The Morgan fingerprint density at radius 2 is 2.05 bits per heavy atom. The van der Waals surface area contributed by atoms with Gasteiger partial charge >= 0.3 is 0 Å². The highest BCUT2D eigenvalue weighted by Gasteiger charge is 2.09. The van der Waals surface area contributed by atoms with Gasteiger partial charge in [0.05, 0.1) is 11.3 Å². The molecule has 1 aromatic heterocycles. The molecule has 102 valence electrons. The van der Waals surface area contributed by atoms with Crippen molar-refractivity contribution < 1.29 is 0 Å². The van der Waals surface area contributed by atoms with Crippen LogP contribution < -0.4 is 5.32 Å². The van der Waals surface area contributed by atoms with E-state index in [9.17, 15) is 0 Å². The number of nitrogens with zero attached hydrogens (tertiary/aromatic N) is 3. The molecule has 2 rings (SSSR count). The molecule has 0 atom stereocenters. The van der Waals surface area contributed by atoms with Crippen molar-refractivity contribution in [1.29, 1.82) is 5.26 Å². The zero-order valence-electron chi connectivity index (χ0n) is 11.0. The van der Waals surface area contributed by atoms with Crippen LogP contribution in [0, 0.1) is 11.3 Å². The smallest absolute Gasteiger partial charge is 0.135 e. The van der Waals surface area contributed by atoms with Gasteiger partial charge in [0.15, 0.2) is 0 Å². The van der Waals surface area contributed by atoms with Gasteiger partial charge in [-0.3, -0.25) is 0 Å². The molecule has 1 N–H and O–H groups in total. The van der Waals surface area contributed by atoms with Crippen LogP contribution in [0.2, 0.25) is 5.15 Å². The van der Waals surface area contributed by atoms with Crippen molar-refractivity contribution in [1.82, 2.24) is 9.97 Å². The average molecular weight is 352 g/mol. The van der Waals surface area contributed by atoms with Crippen molar-refractivity contribution in [2.75, 3.05) is 5.32 Å². The van der Waals surface area contributed by atoms with Gasteiger partial charge in [-0.15, -0.1) is 0 Å². The van der Waals surface area contributed by atoms with Gasteiger partial charge in [0.25, 0.3) is 0 Å². The molecule has 0 spiro atoms. The van der Waals surface area contributed by atoms with E-state index in [4.69, 9.17) is 16.9 Å². The van der Waals surface area contributed by atoms with Crippen LogP contribution in [0.5, 0.6) is 0 Å². The number of rotatable bonds is 3. The highest BCUT2D eigenvalue weighted by atomic mass is 79.9. The van der Waals surface area contributed by atoms with E-state index in [0.29, 0.717) is 28.0 Å². The van der Waals surface area contributed by atoms with Gasteiger partial charge in [0, 0.05) is 16.5 Å². The Hall–Kier alpha value is -1.64. The molecule has 0 unspecified atom stereocenters. The molecule has 0 aliphatic carbocycles. The topological polar surface area (TPSA) is 61.6 Å². The predicted molar refractivity (Wildman–Crippen MR) is 83.3 cm³/mol. The summed E-state index contributed by atoms with van der Waals surface area (Å²) in [6, 6.07) is 9.19. The molecule has 2 aromatic rings. The lowest BCUT2D eigenvalue weighted by Gasteiger charge is -2.10. The van der Waals surface area contributed by atoms with E-state index in [-0.39, 0.29) is 5.92 Å². The van der Waals surface area contributed by atoms with Gasteiger partial charge in [-0.25, -0.2) is 9.97 Å². The molecule has 0 radical (unpaired) electrons. The van der Waals surface area contributed by atoms with Gasteiger partial charge in [0.1, 0.15) is 22.9 Å². The van der Waals surface area contributed by atoms with Crippen LogP contribution in [0.3, 0.4) is 0 Å². The summed E-state index contributed by atoms with van der Waals surface area (Å²) in [7, 11) is 0. The molecule has 6 heteroatoms. The number of hydrogen-bond acceptors (Lipinski definition) is 4. The van der Waals surface area contributed by atoms with Crippen molar-refractivity contribution in [2.45, 2.75) is 19.8 Å². The summed E-state index contributed by atoms with van der Waals surface area (Å²) in [6.07, 6.45) is 0. The summed E-state index contributed by atoms with van der Waals surface area (Å²) < 4.78 is 0.850. The second-order valence-electron chi connectivity index (χ2n) is 4.52. The highest BCUT2D eigenvalue weighted by molar-refractivity contribution is 9.10. The van der Waals surface area contributed by atoms with E-state index in [2.05, 4.69) is 37.3 Å². The fourth-order valence-corrected chi connectivity index (χ4v) is 2.16. The van der Waals surface area contributed by atoms with E-state index in [1.54, 1.807) is 12.1 Å². The molecule has 0 aliphatic heterocycles. The first kappa shape index (κ1) is 14.8. The van der Waals surface area contributed by atoms with Crippen molar-refractivity contribution in [3.8, 4) is 6.07 Å². The summed E-state index contributed by atoms with van der Waals surface area (Å²) in [6.45, 7) is 3.99. The molecule has 0 aliphatic rings. The maximum Gasteiger partial charge on any atom is 0.135 e. The SMILES string of the molecule is CC(C)c1nc(Cl)cc(Nc2ccc(Br)cc2C#N)n1. The monoisotopic (exact) mass is 350 g/mol. The number of halogens is 2. The first-order chi connectivity index (χ1) is 9.49. The van der Waals surface area contributed by atoms with Crippen LogP contribution in [-0.2, 0) is 0 Å². The van der Waals surface area contributed by atoms with Crippen molar-refractivity contribution in [3.05, 3.63) is 45.3 Å². The minimum absolute atomic E-state index is 0.176. The number of aromatic nitrogens is 2. The van der Waals surface area contributed by atoms with E-state index < -0.39 is 0 Å². The fourth-order valence-electron chi connectivity index (χ4n) is 1.61. The van der Waals surface area contributed by atoms with Crippen LogP contribution in [-0.4, -0.2) is 9.97 Å². The lowest BCUT2D eigenvalue weighted by molar-refractivity contribution is 0.776. The average Bonchev–Trinajstić information content (AvgIpc) is 2.40. The quantitative estimate of drug-likeness (QED) is 0.819. The summed E-state index contributed by atoms with van der Waals surface area (Å²) >= 11 is 9.33. The number of anilines is 2. The lowest BCUT2D eigenvalue weighted by atomic mass is 10.2. The third-order valence-corrected chi connectivity index (χ3v) is 3.28. The number of benzene rings is 1. The molecule has 0 amide bonds. The second-order valence-corrected chi connectivity index (χ2v) is 5.82. The van der Waals surface area contributed by atoms with Crippen molar-refractivity contribution in [3.63, 3.8) is 0 Å². The fraction of sp³-hybridized carbons (Fsp3) is 0.214. The minimum atomic E-state index is 0.176. The van der Waals surface area contributed by atoms with Gasteiger partial charge in [0.2, 0.25) is 0 Å². The molecule has 20 heavy (non-hydrogen) atoms. The van der Waals surface area contributed by atoms with Gasteiger partial charge in [-0.2, -0.15) is 5.26 Å². The molecule has 1 aromatic carbocycles. The Balaban J connectivity index is 2.38. The predicted octanol–water partition coefficient (Wildman–Crippen LogP) is 4.63. The van der Waals surface area contributed by atoms with Crippen LogP contribution in [0.1, 0.15) is 31.2 Å². The Kier molecular flexibility index (Phi) is 4.58. The highest BCUT2D eigenvalue weighted by Crippen LogP contribution is 2.25. The van der Waals surface area contributed by atoms with E-state index in [1.165, 1.54) is 0 Å². The van der Waals surface area contributed by atoms with E-state index in [1.807, 2.05) is 26.0 Å². The van der Waals surface area contributed by atoms with Crippen molar-refractivity contribution in [2.24, 2.45) is 0 Å². The Morgan fingerprint density at radius 3 is 2.70 bits per heavy atom. The summed E-state index contributed by atoms with van der Waals surface area (Å²) in [5.41, 5.74) is 1.21. The molecule has 0 saturated carbocycles. The zero-order valence-corrected chi connectivity index (χ0v) is 13.3. The van der Waals surface area contributed by atoms with Crippen LogP contribution >= 0.6 is 27.5 Å². The third-order valence-electron chi connectivity index (χ3n) is 2.59. The standard InChI is InChI=1S/C14H12BrClN4/c1-8(2)14-19-12(16)6-13(20-14)18-11-4-3-10(15)5-9(11)7-17/h3-6,8H,1-2H3,(H,18,19,20). The lowest BCUT2D eigenvalue weighted by Crippen LogP contribution is -2.03. The maximum atomic E-state index is 9.15. The molecule has 4 nitrogen and oxygen atoms in total. The van der Waals surface area contributed by atoms with Crippen molar-refractivity contribution >= 4 is 39.0 Å². The van der Waals surface area contributed by atoms with E-state index >= 15 is 0 Å². The minimum Gasteiger partial charge on any atom is -0.339 e. The van der Waals surface area contributed by atoms with Gasteiger partial charge in [-0.1, -0.05) is 41.4 Å². The summed E-state index contributed by atoms with van der Waals surface area (Å²) in [5.74, 6) is 1.41. The van der Waals surface area contributed by atoms with Crippen LogP contribution in [0.25, 0.3) is 0 Å². The third kappa shape index (κ3) is 3.47.